The van der Waals surface area contributed by atoms with Crippen LogP contribution in [0.2, 0.25) is 0 Å². The second-order valence-electron chi connectivity index (χ2n) is 8.78. The van der Waals surface area contributed by atoms with Crippen molar-refractivity contribution in [3.8, 4) is 11.5 Å². The van der Waals surface area contributed by atoms with Crippen LogP contribution in [0.4, 0.5) is 5.69 Å². The van der Waals surface area contributed by atoms with E-state index in [9.17, 15) is 37.3 Å². The van der Waals surface area contributed by atoms with Gasteiger partial charge in [-0.1, -0.05) is 42.7 Å². The van der Waals surface area contributed by atoms with Gasteiger partial charge in [0, 0.05) is 17.0 Å². The molecule has 0 bridgehead atoms. The molecule has 3 aliphatic rings. The minimum atomic E-state index is -4.51. The lowest BCUT2D eigenvalue weighted by atomic mass is 10.2. The SMILES string of the molecule is CCC(C=C1Sc2cc3c(cc2N1CS(=O)(=O)O)OCO3)=c1sc(=C2SC(=S)N(CC(=O)O)C2=O)n(CC(=O)O)c1=O. The first kappa shape index (κ1) is 30.1. The zero-order valence-corrected chi connectivity index (χ0v) is 25.3. The van der Waals surface area contributed by atoms with Crippen molar-refractivity contribution >= 4 is 95.5 Å². The lowest BCUT2D eigenvalue weighted by Crippen LogP contribution is -2.37. The van der Waals surface area contributed by atoms with E-state index in [1.807, 2.05) is 0 Å². The molecule has 0 saturated carbocycles. The first-order valence-electron chi connectivity index (χ1n) is 11.8. The molecule has 42 heavy (non-hydrogen) atoms. The highest BCUT2D eigenvalue weighted by Crippen LogP contribution is 2.51. The minimum absolute atomic E-state index is 0.000432. The maximum Gasteiger partial charge on any atom is 0.323 e. The summed E-state index contributed by atoms with van der Waals surface area (Å²) in [6.45, 7) is 0.256. The standard InChI is InChI=1S/C23H19N3O11S5/c1-2-10(3-15-26(8-42(33,34)35)11-4-12-13(37-9-36-12)5-14(11)39-15)18-20(31)24(6-16(27)28)22(40-18)19-21(32)25(7-17(29)30)23(38)41-19/h3-5H,2,6-9H2,1H3,(H,27,28)(H,29,30)(H,33,34,35). The summed E-state index contributed by atoms with van der Waals surface area (Å²) in [5, 5.41) is 19.0. The van der Waals surface area contributed by atoms with Crippen LogP contribution in [0.15, 0.2) is 32.9 Å². The lowest BCUT2D eigenvalue weighted by molar-refractivity contribution is -0.140. The zero-order valence-electron chi connectivity index (χ0n) is 21.3. The van der Waals surface area contributed by atoms with E-state index >= 15 is 0 Å². The Labute approximate surface area is 254 Å². The van der Waals surface area contributed by atoms with Gasteiger partial charge in [0.1, 0.15) is 27.0 Å². The van der Waals surface area contributed by atoms with Gasteiger partial charge in [-0.25, -0.2) is 0 Å². The van der Waals surface area contributed by atoms with Crippen LogP contribution in [0.3, 0.4) is 0 Å². The maximum absolute atomic E-state index is 13.6. The summed E-state index contributed by atoms with van der Waals surface area (Å²) in [5.41, 5.74) is 0.110. The van der Waals surface area contributed by atoms with Gasteiger partial charge in [0.15, 0.2) is 17.4 Å². The summed E-state index contributed by atoms with van der Waals surface area (Å²) in [5.74, 6) is -3.37. The number of aliphatic carboxylic acids is 2. The minimum Gasteiger partial charge on any atom is -0.480 e. The highest BCUT2D eigenvalue weighted by atomic mass is 32.2. The second-order valence-corrected chi connectivity index (χ2v) is 13.9. The normalized spacial score (nSPS) is 19.1. The summed E-state index contributed by atoms with van der Waals surface area (Å²) < 4.78 is 45.3. The highest BCUT2D eigenvalue weighted by Gasteiger charge is 2.36. The van der Waals surface area contributed by atoms with Crippen molar-refractivity contribution in [3.05, 3.63) is 42.8 Å². The van der Waals surface area contributed by atoms with Crippen LogP contribution in [0.25, 0.3) is 10.5 Å². The fourth-order valence-electron chi connectivity index (χ4n) is 4.23. The molecule has 1 fully saturated rings. The van der Waals surface area contributed by atoms with Crippen LogP contribution >= 0.6 is 47.1 Å². The summed E-state index contributed by atoms with van der Waals surface area (Å²) in [4.78, 5) is 52.2. The van der Waals surface area contributed by atoms with Gasteiger partial charge in [0.2, 0.25) is 6.79 Å². The van der Waals surface area contributed by atoms with Crippen molar-refractivity contribution in [1.29, 1.82) is 0 Å². The van der Waals surface area contributed by atoms with Gasteiger partial charge in [-0.2, -0.15) is 8.42 Å². The number of hydrogen-bond acceptors (Lipinski definition) is 13. The number of ether oxygens (including phenoxy) is 2. The molecule has 14 nitrogen and oxygen atoms in total. The molecule has 4 heterocycles. The molecular weight excluding hydrogens is 655 g/mol. The Bertz CT molecular complexity index is 1890. The van der Waals surface area contributed by atoms with Gasteiger partial charge in [-0.3, -0.25) is 33.2 Å². The number of nitrogens with zero attached hydrogens (tertiary/aromatic N) is 3. The first-order chi connectivity index (χ1) is 19.8. The van der Waals surface area contributed by atoms with E-state index in [0.717, 1.165) is 44.3 Å². The van der Waals surface area contributed by atoms with Crippen LogP contribution in [0.1, 0.15) is 13.3 Å². The largest absolute Gasteiger partial charge is 0.480 e. The molecule has 1 saturated heterocycles. The van der Waals surface area contributed by atoms with Crippen molar-refractivity contribution in [2.45, 2.75) is 24.8 Å². The number of amides is 1. The molecule has 0 aliphatic carbocycles. The Morgan fingerprint density at radius 3 is 2.36 bits per heavy atom. The van der Waals surface area contributed by atoms with E-state index in [2.05, 4.69) is 0 Å². The summed E-state index contributed by atoms with van der Waals surface area (Å²) in [6.07, 6.45) is 1.80. The van der Waals surface area contributed by atoms with Crippen LogP contribution < -0.4 is 29.1 Å². The molecule has 3 aliphatic heterocycles. The lowest BCUT2D eigenvalue weighted by Gasteiger charge is -2.19. The Kier molecular flexibility index (Phi) is 8.16. The molecular formula is C23H19N3O11S5. The van der Waals surface area contributed by atoms with Gasteiger partial charge in [-0.15, -0.1) is 11.3 Å². The van der Waals surface area contributed by atoms with E-state index in [4.69, 9.17) is 26.8 Å². The number of allylic oxidation sites excluding steroid dienone is 1. The predicted octanol–water partition coefficient (Wildman–Crippen LogP) is 0.636. The number of thiocarbonyl (C=S) groups is 1. The first-order valence-corrected chi connectivity index (χ1v) is 16.2. The molecule has 222 valence electrons. The molecule has 5 rings (SSSR count). The van der Waals surface area contributed by atoms with E-state index < -0.39 is 52.5 Å². The molecule has 2 aromatic rings. The van der Waals surface area contributed by atoms with E-state index in [-0.39, 0.29) is 31.6 Å². The van der Waals surface area contributed by atoms with Gasteiger partial charge in [0.05, 0.1) is 15.2 Å². The van der Waals surface area contributed by atoms with Crippen molar-refractivity contribution < 1.29 is 47.0 Å². The molecule has 0 unspecified atom stereocenters. The van der Waals surface area contributed by atoms with E-state index in [1.165, 1.54) is 4.90 Å². The summed E-state index contributed by atoms with van der Waals surface area (Å²) in [7, 11) is -4.51. The number of hydrogen-bond donors (Lipinski definition) is 3. The van der Waals surface area contributed by atoms with Crippen LogP contribution in [-0.2, 0) is 31.0 Å². The van der Waals surface area contributed by atoms with E-state index in [1.54, 1.807) is 25.1 Å². The molecule has 0 radical (unpaired) electrons. The molecule has 0 atom stereocenters. The number of thioether (sulfide) groups is 2. The quantitative estimate of drug-likeness (QED) is 0.261. The molecule has 1 amide bonds. The molecule has 1 aromatic carbocycles. The van der Waals surface area contributed by atoms with Crippen molar-refractivity contribution in [1.82, 2.24) is 9.47 Å². The topological polar surface area (TPSA) is 193 Å². The molecule has 1 aromatic heterocycles. The average molecular weight is 674 g/mol. The van der Waals surface area contributed by atoms with Crippen molar-refractivity contribution in [2.24, 2.45) is 0 Å². The number of carbonyl (C=O) groups is 3. The van der Waals surface area contributed by atoms with E-state index in [0.29, 0.717) is 32.7 Å². The number of carbonyl (C=O) groups excluding carboxylic acids is 1. The smallest absolute Gasteiger partial charge is 0.323 e. The molecule has 19 heteroatoms. The summed E-state index contributed by atoms with van der Waals surface area (Å²) in [6, 6.07) is 3.25. The third kappa shape index (κ3) is 5.79. The number of rotatable bonds is 8. The van der Waals surface area contributed by atoms with Crippen molar-refractivity contribution in [3.63, 3.8) is 0 Å². The Hall–Kier alpha value is -3.36. The van der Waals surface area contributed by atoms with Crippen LogP contribution in [0, 0.1) is 0 Å². The van der Waals surface area contributed by atoms with Gasteiger partial charge in [-0.05, 0) is 18.1 Å². The van der Waals surface area contributed by atoms with Crippen molar-refractivity contribution in [2.75, 3.05) is 24.1 Å². The molecule has 0 spiro atoms. The number of carboxylic acid groups (broad SMARTS) is 2. The maximum atomic E-state index is 13.6. The fourth-order valence-corrected chi connectivity index (χ4v) is 8.69. The van der Waals surface area contributed by atoms with Crippen LogP contribution in [-0.4, -0.2) is 74.0 Å². The molecule has 3 N–H and O–H groups in total. The fraction of sp³-hybridized carbons (Fsp3) is 0.261. The Balaban J connectivity index is 1.70. The summed E-state index contributed by atoms with van der Waals surface area (Å²) >= 11 is 7.92. The average Bonchev–Trinajstić information content (AvgIpc) is 3.63. The number of benzene rings is 1. The highest BCUT2D eigenvalue weighted by molar-refractivity contribution is 8.30. The number of fused-ring (bicyclic) bond motifs is 2. The number of aromatic nitrogens is 1. The Morgan fingerprint density at radius 2 is 1.74 bits per heavy atom. The van der Waals surface area contributed by atoms with Gasteiger partial charge < -0.3 is 24.6 Å². The number of carboxylic acids is 2. The number of anilines is 1. The number of thiazole rings is 1. The van der Waals surface area contributed by atoms with Gasteiger partial charge >= 0.3 is 11.9 Å². The predicted molar refractivity (Wildman–Crippen MR) is 158 cm³/mol. The van der Waals surface area contributed by atoms with Gasteiger partial charge in [0.25, 0.3) is 21.6 Å². The second kappa shape index (κ2) is 11.4. The third-order valence-corrected chi connectivity index (χ3v) is 10.5. The monoisotopic (exact) mass is 673 g/mol. The zero-order chi connectivity index (χ0) is 30.5. The Morgan fingerprint density at radius 1 is 1.07 bits per heavy atom. The third-order valence-electron chi connectivity index (χ3n) is 6.00. The van der Waals surface area contributed by atoms with Crippen LogP contribution in [0.5, 0.6) is 11.5 Å².